The Morgan fingerprint density at radius 3 is 2.64 bits per heavy atom. The van der Waals surface area contributed by atoms with Crippen molar-refractivity contribution in [3.05, 3.63) is 15.5 Å². The van der Waals surface area contributed by atoms with Crippen LogP contribution in [-0.2, 0) is 6.54 Å². The molecule has 2 heterocycles. The van der Waals surface area contributed by atoms with Crippen molar-refractivity contribution in [3.63, 3.8) is 0 Å². The monoisotopic (exact) mass is 234 g/mol. The van der Waals surface area contributed by atoms with Crippen molar-refractivity contribution in [3.8, 4) is 0 Å². The van der Waals surface area contributed by atoms with Crippen LogP contribution in [0.4, 0.5) is 0 Å². The van der Waals surface area contributed by atoms with Gasteiger partial charge in [0.25, 0.3) is 0 Å². The van der Waals surface area contributed by atoms with Crippen molar-refractivity contribution in [2.45, 2.75) is 18.8 Å². The number of likely N-dealkylation sites (tertiary alicyclic amines) is 1. The lowest BCUT2D eigenvalue weighted by Crippen LogP contribution is -2.22. The Bertz CT molecular complexity index is 310. The lowest BCUT2D eigenvalue weighted by atomic mass is 10.3. The number of nitrogens with zero attached hydrogens (tertiary/aromatic N) is 2. The van der Waals surface area contributed by atoms with Gasteiger partial charge in [-0.25, -0.2) is 4.98 Å². The average Bonchev–Trinajstić information content (AvgIpc) is 2.62. The van der Waals surface area contributed by atoms with Gasteiger partial charge in [-0.05, 0) is 0 Å². The quantitative estimate of drug-likeness (QED) is 0.775. The SMILES string of the molecule is OC1CN(Cc2csc(Cl)n2)CC1O. The van der Waals surface area contributed by atoms with Gasteiger partial charge in [0.15, 0.2) is 4.47 Å². The summed E-state index contributed by atoms with van der Waals surface area (Å²) < 4.78 is 0.528. The summed E-state index contributed by atoms with van der Waals surface area (Å²) in [5.74, 6) is 0. The molecule has 2 N–H and O–H groups in total. The van der Waals surface area contributed by atoms with E-state index in [1.807, 2.05) is 10.3 Å². The number of hydrogen-bond donors (Lipinski definition) is 2. The molecule has 0 amide bonds. The van der Waals surface area contributed by atoms with Crippen LogP contribution in [0.1, 0.15) is 5.69 Å². The minimum atomic E-state index is -0.635. The third-order valence-corrected chi connectivity index (χ3v) is 3.27. The molecule has 0 bridgehead atoms. The first-order valence-corrected chi connectivity index (χ1v) is 5.59. The van der Waals surface area contributed by atoms with Crippen LogP contribution in [0.2, 0.25) is 4.47 Å². The zero-order valence-electron chi connectivity index (χ0n) is 7.43. The van der Waals surface area contributed by atoms with Gasteiger partial charge in [-0.15, -0.1) is 11.3 Å². The van der Waals surface area contributed by atoms with Crippen LogP contribution in [-0.4, -0.2) is 45.4 Å². The van der Waals surface area contributed by atoms with Gasteiger partial charge in [0.1, 0.15) is 0 Å². The zero-order chi connectivity index (χ0) is 10.1. The van der Waals surface area contributed by atoms with Crippen molar-refractivity contribution >= 4 is 22.9 Å². The van der Waals surface area contributed by atoms with Crippen molar-refractivity contribution in [2.24, 2.45) is 0 Å². The summed E-state index contributed by atoms with van der Waals surface area (Å²) >= 11 is 7.09. The van der Waals surface area contributed by atoms with Crippen molar-refractivity contribution in [2.75, 3.05) is 13.1 Å². The third kappa shape index (κ3) is 2.24. The number of β-amino-alcohol motifs (C(OH)–C–C–N with tert-alkyl or cyclic N) is 2. The minimum Gasteiger partial charge on any atom is -0.389 e. The summed E-state index contributed by atoms with van der Waals surface area (Å²) in [6.45, 7) is 1.63. The van der Waals surface area contributed by atoms with E-state index in [-0.39, 0.29) is 0 Å². The Morgan fingerprint density at radius 1 is 1.50 bits per heavy atom. The predicted octanol–water partition coefficient (Wildman–Crippen LogP) is 0.334. The number of halogens is 1. The molecule has 1 aromatic heterocycles. The van der Waals surface area contributed by atoms with Gasteiger partial charge in [-0.2, -0.15) is 0 Å². The molecule has 1 aromatic rings. The Hall–Kier alpha value is -0.200. The van der Waals surface area contributed by atoms with E-state index in [9.17, 15) is 10.2 Å². The molecule has 2 rings (SSSR count). The Morgan fingerprint density at radius 2 is 2.14 bits per heavy atom. The van der Waals surface area contributed by atoms with Crippen LogP contribution in [0, 0.1) is 0 Å². The highest BCUT2D eigenvalue weighted by atomic mass is 35.5. The molecule has 14 heavy (non-hydrogen) atoms. The fourth-order valence-electron chi connectivity index (χ4n) is 1.56. The highest BCUT2D eigenvalue weighted by Crippen LogP contribution is 2.18. The smallest absolute Gasteiger partial charge is 0.183 e. The molecule has 2 atom stereocenters. The molecule has 1 aliphatic rings. The van der Waals surface area contributed by atoms with E-state index in [0.717, 1.165) is 5.69 Å². The van der Waals surface area contributed by atoms with Gasteiger partial charge in [-0.3, -0.25) is 4.90 Å². The molecular formula is C8H11ClN2O2S. The van der Waals surface area contributed by atoms with Crippen LogP contribution >= 0.6 is 22.9 Å². The Labute approximate surface area is 90.8 Å². The van der Waals surface area contributed by atoms with Gasteiger partial charge >= 0.3 is 0 Å². The summed E-state index contributed by atoms with van der Waals surface area (Å²) in [5, 5.41) is 20.5. The van der Waals surface area contributed by atoms with Crippen LogP contribution in [0.5, 0.6) is 0 Å². The first-order valence-electron chi connectivity index (χ1n) is 4.33. The van der Waals surface area contributed by atoms with Crippen molar-refractivity contribution in [1.29, 1.82) is 0 Å². The zero-order valence-corrected chi connectivity index (χ0v) is 9.00. The second-order valence-electron chi connectivity index (χ2n) is 3.42. The largest absolute Gasteiger partial charge is 0.389 e. The number of aliphatic hydroxyl groups is 2. The van der Waals surface area contributed by atoms with Gasteiger partial charge < -0.3 is 10.2 Å². The number of thiazole rings is 1. The average molecular weight is 235 g/mol. The van der Waals surface area contributed by atoms with Gasteiger partial charge in [0.05, 0.1) is 17.9 Å². The normalized spacial score (nSPS) is 28.5. The van der Waals surface area contributed by atoms with Crippen molar-refractivity contribution < 1.29 is 10.2 Å². The molecule has 1 fully saturated rings. The number of aromatic nitrogens is 1. The maximum atomic E-state index is 9.32. The lowest BCUT2D eigenvalue weighted by Gasteiger charge is -2.11. The molecule has 0 spiro atoms. The Kier molecular flexibility index (Phi) is 3.04. The van der Waals surface area contributed by atoms with Crippen LogP contribution in [0.25, 0.3) is 0 Å². The van der Waals surface area contributed by atoms with E-state index < -0.39 is 12.2 Å². The van der Waals surface area contributed by atoms with Crippen LogP contribution in [0.3, 0.4) is 0 Å². The van der Waals surface area contributed by atoms with E-state index in [4.69, 9.17) is 11.6 Å². The number of rotatable bonds is 2. The summed E-state index contributed by atoms with van der Waals surface area (Å²) in [7, 11) is 0. The maximum Gasteiger partial charge on any atom is 0.183 e. The molecule has 0 radical (unpaired) electrons. The number of aliphatic hydroxyl groups excluding tert-OH is 2. The Balaban J connectivity index is 1.93. The molecule has 2 unspecified atom stereocenters. The highest BCUT2D eigenvalue weighted by molar-refractivity contribution is 7.13. The summed E-state index contributed by atoms with van der Waals surface area (Å²) in [5.41, 5.74) is 0.890. The van der Waals surface area contributed by atoms with Crippen LogP contribution in [0.15, 0.2) is 5.38 Å². The van der Waals surface area contributed by atoms with E-state index in [0.29, 0.717) is 24.1 Å². The second-order valence-corrected chi connectivity index (χ2v) is 4.86. The van der Waals surface area contributed by atoms with E-state index in [2.05, 4.69) is 4.98 Å². The molecule has 1 aliphatic heterocycles. The first kappa shape index (κ1) is 10.3. The second kappa shape index (κ2) is 4.12. The molecule has 0 aromatic carbocycles. The molecule has 78 valence electrons. The fraction of sp³-hybridized carbons (Fsp3) is 0.625. The maximum absolute atomic E-state index is 9.32. The molecule has 0 aliphatic carbocycles. The molecule has 0 saturated carbocycles. The topological polar surface area (TPSA) is 56.6 Å². The van der Waals surface area contributed by atoms with E-state index in [1.54, 1.807) is 0 Å². The molecule has 4 nitrogen and oxygen atoms in total. The van der Waals surface area contributed by atoms with Crippen molar-refractivity contribution in [1.82, 2.24) is 9.88 Å². The summed E-state index contributed by atoms with van der Waals surface area (Å²) in [6.07, 6.45) is -1.27. The first-order chi connectivity index (χ1) is 6.65. The highest BCUT2D eigenvalue weighted by Gasteiger charge is 2.29. The number of hydrogen-bond acceptors (Lipinski definition) is 5. The predicted molar refractivity (Wildman–Crippen MR) is 54.4 cm³/mol. The van der Waals surface area contributed by atoms with Gasteiger partial charge in [-0.1, -0.05) is 11.6 Å². The van der Waals surface area contributed by atoms with E-state index >= 15 is 0 Å². The standard InChI is InChI=1S/C8H11ClN2O2S/c9-8-10-5(4-14-8)1-11-2-6(12)7(13)3-11/h4,6-7,12-13H,1-3H2. The van der Waals surface area contributed by atoms with Gasteiger partial charge in [0, 0.05) is 25.0 Å². The summed E-state index contributed by atoms with van der Waals surface area (Å²) in [6, 6.07) is 0. The summed E-state index contributed by atoms with van der Waals surface area (Å²) in [4.78, 5) is 6.06. The third-order valence-electron chi connectivity index (χ3n) is 2.24. The fourth-order valence-corrected chi connectivity index (χ4v) is 2.33. The van der Waals surface area contributed by atoms with Gasteiger partial charge in [0.2, 0.25) is 0 Å². The lowest BCUT2D eigenvalue weighted by molar-refractivity contribution is 0.0572. The minimum absolute atomic E-state index is 0.496. The molecular weight excluding hydrogens is 224 g/mol. The molecule has 6 heteroatoms. The van der Waals surface area contributed by atoms with Crippen LogP contribution < -0.4 is 0 Å². The van der Waals surface area contributed by atoms with E-state index in [1.165, 1.54) is 11.3 Å². The molecule has 1 saturated heterocycles.